The number of nitrogens with zero attached hydrogens (tertiary/aromatic N) is 2. The number of aryl methyl sites for hydroxylation is 1. The number of amides is 4. The van der Waals surface area contributed by atoms with Gasteiger partial charge in [-0.05, 0) is 80.9 Å². The molecule has 1 saturated heterocycles. The van der Waals surface area contributed by atoms with E-state index in [1.165, 1.54) is 11.1 Å². The van der Waals surface area contributed by atoms with Crippen molar-refractivity contribution in [3.8, 4) is 0 Å². The highest BCUT2D eigenvalue weighted by molar-refractivity contribution is 7.91. The number of nitrogens with one attached hydrogen (secondary N) is 3. The quantitative estimate of drug-likeness (QED) is 0.352. The number of rotatable bonds is 7. The maximum absolute atomic E-state index is 14.8. The van der Waals surface area contributed by atoms with E-state index < -0.39 is 62.8 Å². The molecule has 1 aromatic rings. The highest BCUT2D eigenvalue weighted by atomic mass is 32.2. The Balaban J connectivity index is 1.15. The highest BCUT2D eigenvalue weighted by Crippen LogP contribution is 2.45. The molecule has 3 aliphatic carbocycles. The molecule has 12 nitrogen and oxygen atoms in total. The molecule has 4 fully saturated rings. The number of sulfonamides is 1. The minimum absolute atomic E-state index is 0.0497. The Labute approximate surface area is 307 Å². The van der Waals surface area contributed by atoms with Crippen molar-refractivity contribution in [2.75, 3.05) is 6.54 Å². The molecule has 1 aromatic carbocycles. The van der Waals surface area contributed by atoms with E-state index in [2.05, 4.69) is 47.1 Å². The van der Waals surface area contributed by atoms with E-state index in [-0.39, 0.29) is 37.3 Å². The van der Waals surface area contributed by atoms with Gasteiger partial charge in [-0.2, -0.15) is 0 Å². The van der Waals surface area contributed by atoms with E-state index in [0.29, 0.717) is 25.9 Å². The Morgan fingerprint density at radius 2 is 1.69 bits per heavy atom. The fourth-order valence-electron chi connectivity index (χ4n) is 9.03. The van der Waals surface area contributed by atoms with Crippen LogP contribution in [0.5, 0.6) is 0 Å². The lowest BCUT2D eigenvalue weighted by Gasteiger charge is -2.36. The fourth-order valence-corrected chi connectivity index (χ4v) is 10.4. The molecule has 6 aliphatic rings. The number of carbonyl (C=O) groups excluding carboxylic acids is 4. The normalized spacial score (nSPS) is 31.9. The van der Waals surface area contributed by atoms with Crippen LogP contribution in [-0.2, 0) is 48.7 Å². The Morgan fingerprint density at radius 1 is 0.981 bits per heavy atom. The van der Waals surface area contributed by atoms with Gasteiger partial charge in [0.05, 0.1) is 17.8 Å². The van der Waals surface area contributed by atoms with Gasteiger partial charge in [0.25, 0.3) is 5.91 Å². The molecule has 7 rings (SSSR count). The number of hydrogen-bond donors (Lipinski definition) is 3. The van der Waals surface area contributed by atoms with Crippen LogP contribution >= 0.6 is 0 Å². The summed E-state index contributed by atoms with van der Waals surface area (Å²) < 4.78 is 33.7. The van der Waals surface area contributed by atoms with Gasteiger partial charge < -0.3 is 20.3 Å². The lowest BCUT2D eigenvalue weighted by atomic mass is 9.82. The third-order valence-electron chi connectivity index (χ3n) is 12.4. The third-order valence-corrected chi connectivity index (χ3v) is 14.2. The minimum atomic E-state index is -3.85. The van der Waals surface area contributed by atoms with Gasteiger partial charge in [-0.25, -0.2) is 13.2 Å². The van der Waals surface area contributed by atoms with E-state index in [1.54, 1.807) is 15.9 Å². The molecule has 4 amide bonds. The molecule has 284 valence electrons. The van der Waals surface area contributed by atoms with Crippen LogP contribution in [-0.4, -0.2) is 83.6 Å². The van der Waals surface area contributed by atoms with Crippen LogP contribution in [0.15, 0.2) is 30.9 Å². The van der Waals surface area contributed by atoms with Crippen molar-refractivity contribution in [1.29, 1.82) is 0 Å². The van der Waals surface area contributed by atoms with Crippen LogP contribution in [0.25, 0.3) is 0 Å². The molecule has 3 aliphatic heterocycles. The monoisotopic (exact) mass is 737 g/mol. The topological polar surface area (TPSA) is 154 Å². The number of fused-ring (bicyclic) bond motifs is 3. The van der Waals surface area contributed by atoms with E-state index in [9.17, 15) is 27.6 Å². The molecule has 1 unspecified atom stereocenters. The van der Waals surface area contributed by atoms with Crippen LogP contribution in [0, 0.1) is 11.8 Å². The third kappa shape index (κ3) is 7.76. The van der Waals surface area contributed by atoms with Gasteiger partial charge in [0.2, 0.25) is 21.8 Å². The van der Waals surface area contributed by atoms with Crippen molar-refractivity contribution >= 4 is 33.8 Å². The van der Waals surface area contributed by atoms with E-state index in [1.807, 2.05) is 0 Å². The largest absolute Gasteiger partial charge is 0.444 e. The minimum Gasteiger partial charge on any atom is -0.444 e. The second kappa shape index (κ2) is 15.1. The van der Waals surface area contributed by atoms with Crippen LogP contribution in [0.4, 0.5) is 4.79 Å². The maximum Gasteiger partial charge on any atom is 0.410 e. The Bertz CT molecular complexity index is 1670. The van der Waals surface area contributed by atoms with Crippen LogP contribution in [0.3, 0.4) is 0 Å². The summed E-state index contributed by atoms with van der Waals surface area (Å²) in [5, 5.41) is 5.95. The molecule has 0 radical (unpaired) electrons. The molecule has 0 spiro atoms. The highest BCUT2D eigenvalue weighted by Gasteiger charge is 2.62. The lowest BCUT2D eigenvalue weighted by molar-refractivity contribution is -0.142. The van der Waals surface area contributed by atoms with Crippen LogP contribution in [0.2, 0.25) is 0 Å². The first-order valence-corrected chi connectivity index (χ1v) is 21.2. The Hall–Kier alpha value is -3.45. The number of carbonyl (C=O) groups is 4. The predicted molar refractivity (Wildman–Crippen MR) is 195 cm³/mol. The van der Waals surface area contributed by atoms with Gasteiger partial charge in [-0.1, -0.05) is 62.8 Å². The van der Waals surface area contributed by atoms with Crippen LogP contribution in [0.1, 0.15) is 114 Å². The molecule has 13 heteroatoms. The molecule has 3 saturated carbocycles. The van der Waals surface area contributed by atoms with Crippen molar-refractivity contribution in [2.24, 2.45) is 11.8 Å². The Kier molecular flexibility index (Phi) is 10.7. The van der Waals surface area contributed by atoms with Gasteiger partial charge in [0.15, 0.2) is 0 Å². The smallest absolute Gasteiger partial charge is 0.410 e. The van der Waals surface area contributed by atoms with Gasteiger partial charge >= 0.3 is 6.09 Å². The Morgan fingerprint density at radius 3 is 2.42 bits per heavy atom. The number of hydrogen-bond acceptors (Lipinski definition) is 8. The van der Waals surface area contributed by atoms with E-state index in [4.69, 9.17) is 4.74 Å². The lowest BCUT2D eigenvalue weighted by Crippen LogP contribution is -2.59. The average molecular weight is 738 g/mol. The number of ether oxygens (including phenoxy) is 1. The summed E-state index contributed by atoms with van der Waals surface area (Å²) in [7, 11) is -3.85. The second-order valence-electron chi connectivity index (χ2n) is 16.2. The van der Waals surface area contributed by atoms with Crippen molar-refractivity contribution in [1.82, 2.24) is 25.2 Å². The molecule has 6 atom stereocenters. The first kappa shape index (κ1) is 36.9. The summed E-state index contributed by atoms with van der Waals surface area (Å²) in [5.41, 5.74) is 2.09. The first-order valence-electron chi connectivity index (χ1n) is 19.6. The van der Waals surface area contributed by atoms with Crippen molar-refractivity contribution in [3.05, 3.63) is 47.5 Å². The average Bonchev–Trinajstić information content (AvgIpc) is 4.02. The molecule has 3 N–H and O–H groups in total. The summed E-state index contributed by atoms with van der Waals surface area (Å²) >= 11 is 0. The summed E-state index contributed by atoms with van der Waals surface area (Å²) in [6.45, 7) is 6.89. The van der Waals surface area contributed by atoms with Crippen molar-refractivity contribution in [2.45, 2.75) is 151 Å². The standard InChI is InChI=1S/C39H55N5O7S/c1-3-29-21-39(29,37(47)42-52(49,50)31-18-19-31)41-35(45)33-20-30-23-44(33)36(46)34(27-14-9-6-10-15-27)40-25(2)12-7-4-5-8-13-26-16-11-17-28-22-43(24-32(26)28)38(48)51-30/h3,11,16-17,25,27,29-31,33-34,40H,1,4-10,12-15,18-24H2,2H3,(H,41,45)(H,42,47)/t25?,29-,30+,33-,34-,39+/m0/s1. The van der Waals surface area contributed by atoms with E-state index in [0.717, 1.165) is 76.2 Å². The van der Waals surface area contributed by atoms with Crippen molar-refractivity contribution in [3.63, 3.8) is 0 Å². The molecular weight excluding hydrogens is 683 g/mol. The summed E-state index contributed by atoms with van der Waals surface area (Å²) in [5.74, 6) is -1.90. The molecule has 4 bridgehead atoms. The molecule has 52 heavy (non-hydrogen) atoms. The number of benzene rings is 1. The van der Waals surface area contributed by atoms with Gasteiger partial charge in [-0.3, -0.25) is 24.0 Å². The maximum atomic E-state index is 14.8. The van der Waals surface area contributed by atoms with Crippen LogP contribution < -0.4 is 15.4 Å². The SMILES string of the molecule is C=C[C@H]1C[C@]1(NC(=O)[C@@H]1C[C@@H]2CN1C(=O)[C@H](C1CCCCC1)NC(C)CCCCCCc1cccc3c1CN(C3)C(=O)O2)C(=O)NS(=O)(=O)C1CC1. The predicted octanol–water partition coefficient (Wildman–Crippen LogP) is 4.21. The van der Waals surface area contributed by atoms with Gasteiger partial charge in [0, 0.05) is 31.5 Å². The molecular formula is C39H55N5O7S. The first-order chi connectivity index (χ1) is 25.0. The molecule has 0 aromatic heterocycles. The molecule has 3 heterocycles. The van der Waals surface area contributed by atoms with Gasteiger partial charge in [0.1, 0.15) is 17.7 Å². The summed E-state index contributed by atoms with van der Waals surface area (Å²) in [4.78, 5) is 59.6. The van der Waals surface area contributed by atoms with E-state index >= 15 is 0 Å². The zero-order chi connectivity index (χ0) is 36.6. The second-order valence-corrected chi connectivity index (χ2v) is 18.2. The summed E-state index contributed by atoms with van der Waals surface area (Å²) in [6, 6.07) is 4.84. The zero-order valence-electron chi connectivity index (χ0n) is 30.4. The zero-order valence-corrected chi connectivity index (χ0v) is 31.3. The van der Waals surface area contributed by atoms with Gasteiger partial charge in [-0.15, -0.1) is 6.58 Å². The summed E-state index contributed by atoms with van der Waals surface area (Å²) in [6.07, 6.45) is 12.9. The fraction of sp³-hybridized carbons (Fsp3) is 0.692. The van der Waals surface area contributed by atoms with Crippen molar-refractivity contribution < 1.29 is 32.3 Å².